The number of esters is 1. The molecule has 2 rings (SSSR count). The predicted molar refractivity (Wildman–Crippen MR) is 69.1 cm³/mol. The van der Waals surface area contributed by atoms with Gasteiger partial charge in [0.2, 0.25) is 5.76 Å². The molecule has 0 fully saturated rings. The second-order valence-corrected chi connectivity index (χ2v) is 5.11. The van der Waals surface area contributed by atoms with Crippen LogP contribution in [0.1, 0.15) is 31.7 Å². The molecular formula is C15H18O3. The summed E-state index contributed by atoms with van der Waals surface area (Å²) in [4.78, 5) is 11.6. The molecule has 0 spiro atoms. The third-order valence-corrected chi connectivity index (χ3v) is 3.06. The van der Waals surface area contributed by atoms with Gasteiger partial charge < -0.3 is 9.47 Å². The minimum Gasteiger partial charge on any atom is -0.481 e. The van der Waals surface area contributed by atoms with Gasteiger partial charge in [-0.2, -0.15) is 0 Å². The zero-order chi connectivity index (χ0) is 13.2. The normalized spacial score (nSPS) is 21.7. The van der Waals surface area contributed by atoms with Crippen LogP contribution in [0.25, 0.3) is 0 Å². The van der Waals surface area contributed by atoms with Crippen LogP contribution in [-0.2, 0) is 14.3 Å². The number of rotatable bonds is 2. The van der Waals surface area contributed by atoms with Crippen molar-refractivity contribution in [2.75, 3.05) is 7.11 Å². The molecule has 3 heteroatoms. The van der Waals surface area contributed by atoms with Gasteiger partial charge >= 0.3 is 5.97 Å². The summed E-state index contributed by atoms with van der Waals surface area (Å²) in [5.41, 5.74) is 0.828. The van der Waals surface area contributed by atoms with Crippen LogP contribution >= 0.6 is 0 Å². The van der Waals surface area contributed by atoms with Crippen LogP contribution in [0.15, 0.2) is 42.2 Å². The SMILES string of the molecule is COC(=O)C1=CC(c2ccccc2)CC(C)(C)O1. The molecule has 0 bridgehead atoms. The van der Waals surface area contributed by atoms with Gasteiger partial charge in [-0.15, -0.1) is 0 Å². The van der Waals surface area contributed by atoms with E-state index in [0.29, 0.717) is 5.76 Å². The molecule has 1 aromatic carbocycles. The Hall–Kier alpha value is -1.77. The summed E-state index contributed by atoms with van der Waals surface area (Å²) in [5.74, 6) is 0.0790. The lowest BCUT2D eigenvalue weighted by atomic mass is 9.85. The number of hydrogen-bond donors (Lipinski definition) is 0. The van der Waals surface area contributed by atoms with E-state index in [2.05, 4.69) is 12.1 Å². The Labute approximate surface area is 107 Å². The van der Waals surface area contributed by atoms with E-state index in [1.54, 1.807) is 0 Å². The first-order chi connectivity index (χ1) is 8.52. The lowest BCUT2D eigenvalue weighted by Crippen LogP contribution is -2.32. The molecule has 0 N–H and O–H groups in total. The topological polar surface area (TPSA) is 35.5 Å². The Balaban J connectivity index is 2.33. The van der Waals surface area contributed by atoms with Crippen molar-refractivity contribution < 1.29 is 14.3 Å². The van der Waals surface area contributed by atoms with E-state index < -0.39 is 5.97 Å². The molecule has 1 atom stereocenters. The number of carbonyl (C=O) groups is 1. The summed E-state index contributed by atoms with van der Waals surface area (Å²) in [6.07, 6.45) is 2.70. The maximum Gasteiger partial charge on any atom is 0.373 e. The van der Waals surface area contributed by atoms with Gasteiger partial charge in [-0.25, -0.2) is 4.79 Å². The minimum atomic E-state index is -0.413. The highest BCUT2D eigenvalue weighted by molar-refractivity contribution is 5.86. The molecule has 1 aliphatic rings. The van der Waals surface area contributed by atoms with E-state index in [0.717, 1.165) is 6.42 Å². The molecule has 1 aliphatic heterocycles. The van der Waals surface area contributed by atoms with Crippen LogP contribution in [-0.4, -0.2) is 18.7 Å². The Morgan fingerprint density at radius 1 is 1.33 bits per heavy atom. The predicted octanol–water partition coefficient (Wildman–Crippen LogP) is 3.03. The highest BCUT2D eigenvalue weighted by Crippen LogP contribution is 2.36. The van der Waals surface area contributed by atoms with Gasteiger partial charge in [-0.3, -0.25) is 0 Å². The van der Waals surface area contributed by atoms with Crippen LogP contribution in [0.2, 0.25) is 0 Å². The number of allylic oxidation sites excluding steroid dienone is 1. The third kappa shape index (κ3) is 2.73. The van der Waals surface area contributed by atoms with E-state index in [1.165, 1.54) is 12.7 Å². The summed E-state index contributed by atoms with van der Waals surface area (Å²) >= 11 is 0. The molecule has 0 saturated heterocycles. The quantitative estimate of drug-likeness (QED) is 0.752. The molecule has 1 heterocycles. The third-order valence-electron chi connectivity index (χ3n) is 3.06. The lowest BCUT2D eigenvalue weighted by molar-refractivity contribution is -0.144. The van der Waals surface area contributed by atoms with Gasteiger partial charge in [-0.1, -0.05) is 30.3 Å². The summed E-state index contributed by atoms with van der Waals surface area (Å²) in [6, 6.07) is 10.1. The summed E-state index contributed by atoms with van der Waals surface area (Å²) in [5, 5.41) is 0. The van der Waals surface area contributed by atoms with Crippen molar-refractivity contribution in [1.29, 1.82) is 0 Å². The maximum atomic E-state index is 11.6. The average Bonchev–Trinajstić information content (AvgIpc) is 2.37. The minimum absolute atomic E-state index is 0.184. The molecule has 0 amide bonds. The van der Waals surface area contributed by atoms with Gasteiger partial charge in [0.15, 0.2) is 0 Å². The van der Waals surface area contributed by atoms with Gasteiger partial charge in [-0.05, 0) is 31.9 Å². The Morgan fingerprint density at radius 3 is 2.61 bits per heavy atom. The highest BCUT2D eigenvalue weighted by Gasteiger charge is 2.33. The first-order valence-electron chi connectivity index (χ1n) is 6.06. The van der Waals surface area contributed by atoms with Crippen molar-refractivity contribution in [2.24, 2.45) is 0 Å². The lowest BCUT2D eigenvalue weighted by Gasteiger charge is -2.34. The molecule has 1 unspecified atom stereocenters. The van der Waals surface area contributed by atoms with Crippen LogP contribution in [0.4, 0.5) is 0 Å². The van der Waals surface area contributed by atoms with Crippen LogP contribution in [0.5, 0.6) is 0 Å². The highest BCUT2D eigenvalue weighted by atomic mass is 16.6. The van der Waals surface area contributed by atoms with Crippen molar-refractivity contribution in [1.82, 2.24) is 0 Å². The largest absolute Gasteiger partial charge is 0.481 e. The van der Waals surface area contributed by atoms with E-state index in [-0.39, 0.29) is 11.5 Å². The summed E-state index contributed by atoms with van der Waals surface area (Å²) in [6.45, 7) is 3.97. The molecular weight excluding hydrogens is 228 g/mol. The van der Waals surface area contributed by atoms with Crippen LogP contribution in [0, 0.1) is 0 Å². The number of methoxy groups -OCH3 is 1. The molecule has 3 nitrogen and oxygen atoms in total. The molecule has 96 valence electrons. The number of carbonyl (C=O) groups excluding carboxylic acids is 1. The molecule has 18 heavy (non-hydrogen) atoms. The summed E-state index contributed by atoms with van der Waals surface area (Å²) in [7, 11) is 1.37. The monoisotopic (exact) mass is 246 g/mol. The van der Waals surface area contributed by atoms with Gasteiger partial charge in [0.25, 0.3) is 0 Å². The fraction of sp³-hybridized carbons (Fsp3) is 0.400. The van der Waals surface area contributed by atoms with Crippen molar-refractivity contribution in [2.45, 2.75) is 31.8 Å². The molecule has 1 aromatic rings. The van der Waals surface area contributed by atoms with Crippen molar-refractivity contribution in [3.05, 3.63) is 47.7 Å². The fourth-order valence-electron chi connectivity index (χ4n) is 2.27. The molecule has 0 radical (unpaired) electrons. The first-order valence-corrected chi connectivity index (χ1v) is 6.06. The number of benzene rings is 1. The molecule has 0 saturated carbocycles. The van der Waals surface area contributed by atoms with Crippen molar-refractivity contribution in [3.63, 3.8) is 0 Å². The Bertz CT molecular complexity index is 460. The smallest absolute Gasteiger partial charge is 0.373 e. The second kappa shape index (κ2) is 4.84. The first kappa shape index (κ1) is 12.7. The Kier molecular flexibility index (Phi) is 3.41. The zero-order valence-corrected chi connectivity index (χ0v) is 11.0. The van der Waals surface area contributed by atoms with E-state index >= 15 is 0 Å². The molecule has 0 aromatic heterocycles. The van der Waals surface area contributed by atoms with Gasteiger partial charge in [0.1, 0.15) is 5.60 Å². The number of ether oxygens (including phenoxy) is 2. The fourth-order valence-corrected chi connectivity index (χ4v) is 2.27. The maximum absolute atomic E-state index is 11.6. The molecule has 0 aliphatic carbocycles. The van der Waals surface area contributed by atoms with Crippen LogP contribution < -0.4 is 0 Å². The second-order valence-electron chi connectivity index (χ2n) is 5.11. The van der Waals surface area contributed by atoms with Crippen molar-refractivity contribution in [3.8, 4) is 0 Å². The zero-order valence-electron chi connectivity index (χ0n) is 11.0. The van der Waals surface area contributed by atoms with E-state index in [9.17, 15) is 4.79 Å². The Morgan fingerprint density at radius 2 is 2.00 bits per heavy atom. The van der Waals surface area contributed by atoms with E-state index in [1.807, 2.05) is 38.1 Å². The standard InChI is InChI=1S/C15H18O3/c1-15(2)10-12(11-7-5-4-6-8-11)9-13(18-15)14(16)17-3/h4-9,12H,10H2,1-3H3. The van der Waals surface area contributed by atoms with E-state index in [4.69, 9.17) is 9.47 Å². The van der Waals surface area contributed by atoms with Crippen LogP contribution in [0.3, 0.4) is 0 Å². The van der Waals surface area contributed by atoms with Crippen molar-refractivity contribution >= 4 is 5.97 Å². The number of hydrogen-bond acceptors (Lipinski definition) is 3. The van der Waals surface area contributed by atoms with Gasteiger partial charge in [0.05, 0.1) is 7.11 Å². The average molecular weight is 246 g/mol. The van der Waals surface area contributed by atoms with Gasteiger partial charge in [0, 0.05) is 5.92 Å². The summed E-state index contributed by atoms with van der Waals surface area (Å²) < 4.78 is 10.4.